The van der Waals surface area contributed by atoms with Crippen molar-refractivity contribution in [1.29, 1.82) is 5.41 Å². The Morgan fingerprint density at radius 2 is 0.912 bits per heavy atom. The Bertz CT molecular complexity index is 2150. The zero-order valence-corrected chi connectivity index (χ0v) is 38.7. The number of hydrogen-bond donors (Lipinski definition) is 1. The van der Waals surface area contributed by atoms with Crippen molar-refractivity contribution in [2.75, 3.05) is 26.4 Å². The Hall–Kier alpha value is -6.77. The van der Waals surface area contributed by atoms with Crippen LogP contribution in [0.4, 0.5) is 0 Å². The van der Waals surface area contributed by atoms with E-state index in [4.69, 9.17) is 43.3 Å². The maximum absolute atomic E-state index is 13.2. The molecule has 2 fully saturated rings. The molecule has 5 rings (SSSR count). The van der Waals surface area contributed by atoms with Gasteiger partial charge in [-0.2, -0.15) is 0 Å². The van der Waals surface area contributed by atoms with Crippen molar-refractivity contribution in [3.63, 3.8) is 0 Å². The molecule has 0 heterocycles. The van der Waals surface area contributed by atoms with Gasteiger partial charge in [0.05, 0.1) is 49.4 Å². The predicted molar refractivity (Wildman–Crippen MR) is 251 cm³/mol. The van der Waals surface area contributed by atoms with E-state index in [-0.39, 0.29) is 34.9 Å². The maximum Gasteiger partial charge on any atom is 0.339 e. The van der Waals surface area contributed by atoms with Gasteiger partial charge in [0.2, 0.25) is 0 Å². The third kappa shape index (κ3) is 17.8. The molecule has 0 saturated heterocycles. The molecule has 0 aromatic heterocycles. The van der Waals surface area contributed by atoms with E-state index in [1.807, 2.05) is 0 Å². The molecule has 15 nitrogen and oxygen atoms in total. The highest BCUT2D eigenvalue weighted by atomic mass is 16.6. The van der Waals surface area contributed by atoms with Crippen molar-refractivity contribution in [1.82, 2.24) is 0 Å². The van der Waals surface area contributed by atoms with Gasteiger partial charge in [0.1, 0.15) is 35.2 Å². The first-order chi connectivity index (χ1) is 33.0. The number of nitrogens with one attached hydrogen (secondary N) is 1. The average Bonchev–Trinajstić information content (AvgIpc) is 3.36. The molecular formula is C53H63NO14. The second-order valence-corrected chi connectivity index (χ2v) is 16.8. The van der Waals surface area contributed by atoms with Gasteiger partial charge >= 0.3 is 35.8 Å². The van der Waals surface area contributed by atoms with Gasteiger partial charge in [-0.05, 0) is 169 Å². The van der Waals surface area contributed by atoms with Crippen molar-refractivity contribution in [3.05, 3.63) is 109 Å². The van der Waals surface area contributed by atoms with E-state index in [1.54, 1.807) is 48.5 Å². The van der Waals surface area contributed by atoms with Gasteiger partial charge in [0.25, 0.3) is 0 Å². The maximum atomic E-state index is 13.2. The van der Waals surface area contributed by atoms with Crippen molar-refractivity contribution >= 4 is 42.0 Å². The zero-order chi connectivity index (χ0) is 48.5. The Kier molecular flexibility index (Phi) is 21.8. The fourth-order valence-electron chi connectivity index (χ4n) is 7.83. The highest BCUT2D eigenvalue weighted by molar-refractivity contribution is 5.99. The Labute approximate surface area is 397 Å². The molecule has 2 aliphatic carbocycles. The quantitative estimate of drug-likeness (QED) is 0.0189. The normalized spacial score (nSPS) is 17.6. The van der Waals surface area contributed by atoms with E-state index in [1.165, 1.54) is 18.2 Å². The standard InChI is InChI=1S/C53H63NO14/c1-3-48(55)63-33-11-7-5-9-31-61-41-19-13-37(14-20-41)50(57)65-43-21-15-39(16-22-43)52(59)68-46-29-30-47(40(35-46)36-54)53(60)67-44-23-17-38(18-24-44)51(58)66-45-27-25-42(26-28-45)62-32-10-6-8-12-34-64-49(56)4-2/h3-4,13-14,19-20,25-30,35-36,38-39,43-44,54H,1-2,5-12,15-18,21-24,31-34H2. The van der Waals surface area contributed by atoms with Crippen LogP contribution in [-0.2, 0) is 38.1 Å². The lowest BCUT2D eigenvalue weighted by atomic mass is 9.87. The smallest absolute Gasteiger partial charge is 0.339 e. The second-order valence-electron chi connectivity index (χ2n) is 16.8. The number of ether oxygens (including phenoxy) is 8. The summed E-state index contributed by atoms with van der Waals surface area (Å²) in [6.07, 6.45) is 13.4. The van der Waals surface area contributed by atoms with Gasteiger partial charge in [-0.15, -0.1) is 0 Å². The van der Waals surface area contributed by atoms with Gasteiger partial charge in [-0.25, -0.2) is 19.2 Å². The Balaban J connectivity index is 0.948. The van der Waals surface area contributed by atoms with E-state index in [9.17, 15) is 28.8 Å². The van der Waals surface area contributed by atoms with Crippen molar-refractivity contribution in [3.8, 4) is 23.0 Å². The van der Waals surface area contributed by atoms with Crippen LogP contribution < -0.4 is 18.9 Å². The molecule has 0 aliphatic heterocycles. The van der Waals surface area contributed by atoms with Crippen LogP contribution in [0.2, 0.25) is 0 Å². The summed E-state index contributed by atoms with van der Waals surface area (Å²) in [5, 5.41) is 7.95. The van der Waals surface area contributed by atoms with Gasteiger partial charge < -0.3 is 43.3 Å². The summed E-state index contributed by atoms with van der Waals surface area (Å²) in [6.45, 7) is 8.55. The summed E-state index contributed by atoms with van der Waals surface area (Å²) in [6, 6.07) is 18.1. The fourth-order valence-corrected chi connectivity index (χ4v) is 7.83. The number of unbranched alkanes of at least 4 members (excludes halogenated alkanes) is 6. The molecule has 0 bridgehead atoms. The fraction of sp³-hybridized carbons (Fsp3) is 0.453. The monoisotopic (exact) mass is 937 g/mol. The van der Waals surface area contributed by atoms with E-state index in [0.29, 0.717) is 101 Å². The Morgan fingerprint density at radius 3 is 1.38 bits per heavy atom. The molecule has 2 aliphatic rings. The largest absolute Gasteiger partial charge is 0.494 e. The summed E-state index contributed by atoms with van der Waals surface area (Å²) < 4.78 is 44.3. The molecule has 15 heteroatoms. The molecule has 2 saturated carbocycles. The van der Waals surface area contributed by atoms with Gasteiger partial charge in [-0.1, -0.05) is 13.2 Å². The lowest BCUT2D eigenvalue weighted by molar-refractivity contribution is -0.141. The molecule has 0 spiro atoms. The Morgan fingerprint density at radius 1 is 0.500 bits per heavy atom. The lowest BCUT2D eigenvalue weighted by Gasteiger charge is -2.27. The van der Waals surface area contributed by atoms with Crippen LogP contribution in [0.3, 0.4) is 0 Å². The first-order valence-electron chi connectivity index (χ1n) is 23.6. The van der Waals surface area contributed by atoms with Gasteiger partial charge in [0.15, 0.2) is 0 Å². The van der Waals surface area contributed by atoms with E-state index in [2.05, 4.69) is 13.2 Å². The molecule has 0 amide bonds. The van der Waals surface area contributed by atoms with Crippen molar-refractivity contribution in [2.45, 2.75) is 115 Å². The summed E-state index contributed by atoms with van der Waals surface area (Å²) in [5.74, 6) is -1.48. The minimum atomic E-state index is -0.608. The molecule has 68 heavy (non-hydrogen) atoms. The number of rotatable bonds is 27. The topological polar surface area (TPSA) is 200 Å². The summed E-state index contributed by atoms with van der Waals surface area (Å²) >= 11 is 0. The highest BCUT2D eigenvalue weighted by Gasteiger charge is 2.32. The molecule has 0 atom stereocenters. The third-order valence-electron chi connectivity index (χ3n) is 11.7. The number of carbonyl (C=O) groups excluding carboxylic acids is 6. The van der Waals surface area contributed by atoms with Crippen LogP contribution in [-0.4, -0.2) is 80.7 Å². The molecule has 0 radical (unpaired) electrons. The van der Waals surface area contributed by atoms with Crippen LogP contribution in [0.15, 0.2) is 92.0 Å². The van der Waals surface area contributed by atoms with Crippen LogP contribution in [0.1, 0.15) is 129 Å². The SMILES string of the molecule is C=CC(=O)OCCCCCCOc1ccc(OC(=O)C2CCC(OC(=O)c3ccc(OC(=O)C4CCC(OC(=O)c5ccc(OCCCCCCOC(=O)C=C)cc5)CC4)cc3C=N)CC2)cc1. The summed E-state index contributed by atoms with van der Waals surface area (Å²) in [4.78, 5) is 74.3. The number of hydrogen-bond acceptors (Lipinski definition) is 15. The lowest BCUT2D eigenvalue weighted by Crippen LogP contribution is -2.30. The van der Waals surface area contributed by atoms with E-state index < -0.39 is 41.9 Å². The zero-order valence-electron chi connectivity index (χ0n) is 38.7. The molecule has 3 aromatic carbocycles. The second kappa shape index (κ2) is 28.4. The van der Waals surface area contributed by atoms with Crippen molar-refractivity contribution < 1.29 is 66.7 Å². The number of carbonyl (C=O) groups is 6. The van der Waals surface area contributed by atoms with Gasteiger partial charge in [-0.3, -0.25) is 9.59 Å². The molecule has 3 aromatic rings. The van der Waals surface area contributed by atoms with E-state index in [0.717, 1.165) is 69.7 Å². The van der Waals surface area contributed by atoms with Gasteiger partial charge in [0, 0.05) is 23.9 Å². The van der Waals surface area contributed by atoms with Crippen LogP contribution in [0.5, 0.6) is 23.0 Å². The highest BCUT2D eigenvalue weighted by Crippen LogP contribution is 2.32. The first kappa shape index (κ1) is 52.2. The van der Waals surface area contributed by atoms with Crippen LogP contribution >= 0.6 is 0 Å². The predicted octanol–water partition coefficient (Wildman–Crippen LogP) is 9.66. The molecule has 0 unspecified atom stereocenters. The molecular weight excluding hydrogens is 875 g/mol. The van der Waals surface area contributed by atoms with E-state index >= 15 is 0 Å². The molecule has 364 valence electrons. The first-order valence-corrected chi connectivity index (χ1v) is 23.6. The minimum Gasteiger partial charge on any atom is -0.494 e. The summed E-state index contributed by atoms with van der Waals surface area (Å²) in [5.41, 5.74) is 0.806. The van der Waals surface area contributed by atoms with Crippen LogP contribution in [0.25, 0.3) is 0 Å². The number of benzene rings is 3. The van der Waals surface area contributed by atoms with Crippen LogP contribution in [0, 0.1) is 17.2 Å². The average molecular weight is 938 g/mol. The minimum absolute atomic E-state index is 0.163. The number of esters is 6. The molecule has 1 N–H and O–H groups in total. The third-order valence-corrected chi connectivity index (χ3v) is 11.7. The van der Waals surface area contributed by atoms with Crippen molar-refractivity contribution in [2.24, 2.45) is 11.8 Å². The summed E-state index contributed by atoms with van der Waals surface area (Å²) in [7, 11) is 0.